The summed E-state index contributed by atoms with van der Waals surface area (Å²) >= 11 is 0. The molecule has 1 aliphatic rings. The zero-order valence-corrected chi connectivity index (χ0v) is 30.7. The number of unbranched alkanes of at least 4 members (excludes halogenated alkanes) is 1. The number of hydrogen-bond donors (Lipinski definition) is 0. The van der Waals surface area contributed by atoms with E-state index < -0.39 is 0 Å². The average molecular weight is 677 g/mol. The Morgan fingerprint density at radius 1 is 0.833 bits per heavy atom. The largest absolute Gasteiger partial charge is 0.463 e. The van der Waals surface area contributed by atoms with Gasteiger partial charge in [-0.05, 0) is 92.1 Å². The fraction of sp³-hybridized carbons (Fsp3) is 0.718. The van der Waals surface area contributed by atoms with Crippen molar-refractivity contribution >= 4 is 5.97 Å². The zero-order valence-electron chi connectivity index (χ0n) is 30.7. The van der Waals surface area contributed by atoms with Crippen molar-refractivity contribution in [2.45, 2.75) is 131 Å². The van der Waals surface area contributed by atoms with Gasteiger partial charge in [0.1, 0.15) is 6.61 Å². The molecule has 0 spiro atoms. The molecule has 9 heteroatoms. The first kappa shape index (κ1) is 42.1. The normalized spacial score (nSPS) is 22.3. The van der Waals surface area contributed by atoms with Crippen molar-refractivity contribution in [3.05, 3.63) is 60.2 Å². The lowest BCUT2D eigenvalue weighted by Gasteiger charge is -2.27. The third-order valence-electron chi connectivity index (χ3n) is 8.30. The maximum absolute atomic E-state index is 12.0. The van der Waals surface area contributed by atoms with Crippen molar-refractivity contribution in [3.8, 4) is 0 Å². The van der Waals surface area contributed by atoms with Gasteiger partial charge >= 0.3 is 5.97 Å². The third-order valence-corrected chi connectivity index (χ3v) is 8.30. The van der Waals surface area contributed by atoms with Crippen LogP contribution >= 0.6 is 0 Å². The van der Waals surface area contributed by atoms with Gasteiger partial charge < -0.3 is 37.9 Å². The summed E-state index contributed by atoms with van der Waals surface area (Å²) in [6, 6.07) is 10.5. The van der Waals surface area contributed by atoms with Crippen LogP contribution in [0.4, 0.5) is 0 Å². The highest BCUT2D eigenvalue weighted by molar-refractivity contribution is 5.69. The van der Waals surface area contributed by atoms with E-state index in [4.69, 9.17) is 37.9 Å². The first-order valence-electron chi connectivity index (χ1n) is 18.2. The van der Waals surface area contributed by atoms with Crippen molar-refractivity contribution < 1.29 is 42.7 Å². The second kappa shape index (κ2) is 25.8. The van der Waals surface area contributed by atoms with Gasteiger partial charge in [0, 0.05) is 45.2 Å². The smallest absolute Gasteiger partial charge is 0.305 e. The van der Waals surface area contributed by atoms with Crippen LogP contribution in [0.15, 0.2) is 54.6 Å². The molecule has 0 bridgehead atoms. The lowest BCUT2D eigenvalue weighted by atomic mass is 9.89. The van der Waals surface area contributed by atoms with Gasteiger partial charge in [-0.15, -0.1) is 0 Å². The van der Waals surface area contributed by atoms with Crippen LogP contribution in [0, 0.1) is 11.8 Å². The molecule has 274 valence electrons. The molecule has 9 nitrogen and oxygen atoms in total. The van der Waals surface area contributed by atoms with Gasteiger partial charge in [-0.2, -0.15) is 0 Å². The minimum atomic E-state index is -0.341. The van der Waals surface area contributed by atoms with Gasteiger partial charge in [0.05, 0.1) is 24.9 Å². The zero-order chi connectivity index (χ0) is 35.0. The van der Waals surface area contributed by atoms with Crippen molar-refractivity contribution in [2.24, 2.45) is 11.8 Å². The third kappa shape index (κ3) is 17.5. The molecule has 1 aromatic carbocycles. The van der Waals surface area contributed by atoms with E-state index in [1.165, 1.54) is 5.56 Å². The molecule has 0 aliphatic heterocycles. The Morgan fingerprint density at radius 2 is 1.50 bits per heavy atom. The van der Waals surface area contributed by atoms with Gasteiger partial charge in [0.15, 0.2) is 18.9 Å². The number of hydrogen-bond acceptors (Lipinski definition) is 9. The fourth-order valence-corrected chi connectivity index (χ4v) is 6.11. The summed E-state index contributed by atoms with van der Waals surface area (Å²) < 4.78 is 47.2. The molecule has 0 amide bonds. The van der Waals surface area contributed by atoms with E-state index in [-0.39, 0.29) is 55.0 Å². The summed E-state index contributed by atoms with van der Waals surface area (Å²) in [5.74, 6) is 0.0114. The van der Waals surface area contributed by atoms with Gasteiger partial charge in [-0.25, -0.2) is 0 Å². The number of esters is 1. The first-order chi connectivity index (χ1) is 23.3. The van der Waals surface area contributed by atoms with E-state index in [2.05, 4.69) is 48.6 Å². The monoisotopic (exact) mass is 676 g/mol. The Balaban J connectivity index is 2.22. The molecule has 7 unspecified atom stereocenters. The predicted molar refractivity (Wildman–Crippen MR) is 188 cm³/mol. The summed E-state index contributed by atoms with van der Waals surface area (Å²) in [4.78, 5) is 12.0. The van der Waals surface area contributed by atoms with Crippen LogP contribution < -0.4 is 0 Å². The lowest BCUT2D eigenvalue weighted by molar-refractivity contribution is -0.175. The number of aryl methyl sites for hydroxylation is 1. The maximum Gasteiger partial charge on any atom is 0.305 e. The molecule has 2 rings (SSSR count). The quantitative estimate of drug-likeness (QED) is 0.0401. The number of ether oxygens (including phenoxy) is 8. The van der Waals surface area contributed by atoms with E-state index in [1.54, 1.807) is 0 Å². The van der Waals surface area contributed by atoms with Crippen molar-refractivity contribution in [2.75, 3.05) is 39.6 Å². The molecule has 0 aromatic heterocycles. The van der Waals surface area contributed by atoms with Gasteiger partial charge in [-0.1, -0.05) is 54.6 Å². The van der Waals surface area contributed by atoms with Crippen LogP contribution in [0.2, 0.25) is 0 Å². The number of benzene rings is 1. The summed E-state index contributed by atoms with van der Waals surface area (Å²) in [6.07, 6.45) is 12.7. The van der Waals surface area contributed by atoms with E-state index in [1.807, 2.05) is 54.5 Å². The summed E-state index contributed by atoms with van der Waals surface area (Å²) in [7, 11) is 0. The van der Waals surface area contributed by atoms with Crippen LogP contribution in [-0.2, 0) is 49.1 Å². The molecule has 0 heterocycles. The van der Waals surface area contributed by atoms with Crippen LogP contribution in [0.5, 0.6) is 0 Å². The van der Waals surface area contributed by atoms with Gasteiger partial charge in [0.25, 0.3) is 0 Å². The Labute approximate surface area is 290 Å². The fourth-order valence-electron chi connectivity index (χ4n) is 6.11. The van der Waals surface area contributed by atoms with Crippen LogP contribution in [0.1, 0.15) is 92.6 Å². The molecular formula is C39H64O9. The number of rotatable bonds is 27. The highest BCUT2D eigenvalue weighted by Crippen LogP contribution is 2.41. The number of carbonyl (C=O) groups excluding carboxylic acids is 1. The van der Waals surface area contributed by atoms with E-state index in [0.29, 0.717) is 46.1 Å². The molecule has 1 saturated carbocycles. The van der Waals surface area contributed by atoms with Gasteiger partial charge in [-0.3, -0.25) is 4.79 Å². The highest BCUT2D eigenvalue weighted by atomic mass is 16.7. The number of carbonyl (C=O) groups is 1. The molecule has 0 saturated heterocycles. The molecule has 0 N–H and O–H groups in total. The van der Waals surface area contributed by atoms with Crippen LogP contribution in [0.25, 0.3) is 0 Å². The lowest BCUT2D eigenvalue weighted by Crippen LogP contribution is -2.28. The minimum absolute atomic E-state index is 0.0573. The Hall–Kier alpha value is -2.11. The predicted octanol–water partition coefficient (Wildman–Crippen LogP) is 7.81. The molecule has 1 aromatic rings. The van der Waals surface area contributed by atoms with Gasteiger partial charge in [0.2, 0.25) is 0 Å². The van der Waals surface area contributed by atoms with Crippen molar-refractivity contribution in [1.82, 2.24) is 0 Å². The van der Waals surface area contributed by atoms with E-state index in [0.717, 1.165) is 38.5 Å². The SMILES string of the molecule is CCOCCOC(=O)CCC/C=C\CC1C(OC(C)OCC)CC(OC(C)OCC)C1/C=C/[C@H](CCc1ccccc1)OC(C)OCC. The summed E-state index contributed by atoms with van der Waals surface area (Å²) in [5, 5.41) is 0. The van der Waals surface area contributed by atoms with Crippen LogP contribution in [-0.4, -0.2) is 82.8 Å². The average Bonchev–Trinajstić information content (AvgIpc) is 3.37. The van der Waals surface area contributed by atoms with Crippen LogP contribution in [0.3, 0.4) is 0 Å². The topological polar surface area (TPSA) is 90.9 Å². The number of allylic oxidation sites excluding steroid dienone is 2. The molecule has 0 radical (unpaired) electrons. The van der Waals surface area contributed by atoms with E-state index in [9.17, 15) is 4.79 Å². The molecule has 8 atom stereocenters. The first-order valence-corrected chi connectivity index (χ1v) is 18.2. The molecule has 48 heavy (non-hydrogen) atoms. The second-order valence-electron chi connectivity index (χ2n) is 12.0. The summed E-state index contributed by atoms with van der Waals surface area (Å²) in [6.45, 7) is 16.8. The second-order valence-corrected chi connectivity index (χ2v) is 12.0. The Kier molecular flexibility index (Phi) is 22.6. The highest BCUT2D eigenvalue weighted by Gasteiger charge is 2.44. The van der Waals surface area contributed by atoms with E-state index >= 15 is 0 Å². The molecule has 1 fully saturated rings. The molecular weight excluding hydrogens is 612 g/mol. The van der Waals surface area contributed by atoms with Crippen molar-refractivity contribution in [1.29, 1.82) is 0 Å². The Morgan fingerprint density at radius 3 is 2.17 bits per heavy atom. The standard InChI is InChI=1S/C39H64O9/c1-8-41-27-28-45-39(40)22-18-13-12-17-21-35-36(38(48-32(7)44-11-4)29-37(35)47-31(6)43-10-3)26-25-34(46-30(5)42-9-2)24-23-33-19-15-14-16-20-33/h12,14-17,19-20,25-26,30-32,34-38H,8-11,13,18,21-24,27-29H2,1-7H3/b17-12-,26-25+/t30?,31?,32?,34-,35?,36?,37?,38?/m0/s1. The molecule has 1 aliphatic carbocycles. The summed E-state index contributed by atoms with van der Waals surface area (Å²) in [5.41, 5.74) is 1.27. The Bertz CT molecular complexity index is 1000. The van der Waals surface area contributed by atoms with Crippen molar-refractivity contribution in [3.63, 3.8) is 0 Å². The minimum Gasteiger partial charge on any atom is -0.463 e. The maximum atomic E-state index is 12.0.